The number of hydrogen-bond acceptors (Lipinski definition) is 4. The van der Waals surface area contributed by atoms with Crippen LogP contribution in [-0.2, 0) is 6.54 Å². The second-order valence-corrected chi connectivity index (χ2v) is 11.3. The largest absolute Gasteiger partial charge is 0.368 e. The lowest BCUT2D eigenvalue weighted by atomic mass is 9.95. The lowest BCUT2D eigenvalue weighted by Crippen LogP contribution is -2.46. The summed E-state index contributed by atoms with van der Waals surface area (Å²) in [7, 11) is 0. The van der Waals surface area contributed by atoms with Gasteiger partial charge in [-0.1, -0.05) is 72.8 Å². The van der Waals surface area contributed by atoms with Gasteiger partial charge in [0, 0.05) is 65.7 Å². The first-order valence-electron chi connectivity index (χ1n) is 13.7. The fraction of sp³-hybridized carbons (Fsp3) is 0.355. The normalized spacial score (nSPS) is 16.6. The van der Waals surface area contributed by atoms with Gasteiger partial charge in [0.25, 0.3) is 11.8 Å². The summed E-state index contributed by atoms with van der Waals surface area (Å²) < 4.78 is 0. The molecule has 3 aromatic carbocycles. The molecule has 0 atom stereocenters. The van der Waals surface area contributed by atoms with Crippen LogP contribution >= 0.6 is 23.2 Å². The second kappa shape index (κ2) is 12.9. The number of nitrogens with zero attached hydrogens (tertiary/aromatic N) is 2. The molecule has 0 radical (unpaired) electrons. The molecule has 6 nitrogen and oxygen atoms in total. The lowest BCUT2D eigenvalue weighted by Gasteiger charge is -2.37. The van der Waals surface area contributed by atoms with E-state index in [1.807, 2.05) is 18.2 Å². The first kappa shape index (κ1) is 27.5. The zero-order valence-corrected chi connectivity index (χ0v) is 23.5. The molecule has 5 rings (SSSR count). The van der Waals surface area contributed by atoms with Crippen LogP contribution in [0.25, 0.3) is 0 Å². The molecule has 204 valence electrons. The van der Waals surface area contributed by atoms with Gasteiger partial charge in [-0.05, 0) is 54.8 Å². The number of piperazine rings is 1. The summed E-state index contributed by atoms with van der Waals surface area (Å²) in [4.78, 5) is 31.2. The Kier molecular flexibility index (Phi) is 9.07. The minimum atomic E-state index is -0.333. The Bertz CT molecular complexity index is 1280. The highest BCUT2D eigenvalue weighted by Gasteiger charge is 2.24. The standard InChI is InChI=1S/C31H34Cl2N4O2/c32-24-17-23(18-25(33)19-24)30(38)35-27-11-12-29(28(20-27)31(39)34-26-9-5-2-6-10-26)37-15-13-36(14-16-37)21-22-7-3-1-4-8-22/h1,3-4,7-8,11-12,17-20,26H,2,5-6,9-10,13-16,21H2,(H,34,39)(H,35,38). The van der Waals surface area contributed by atoms with E-state index in [1.165, 1.54) is 12.0 Å². The predicted molar refractivity (Wildman–Crippen MR) is 159 cm³/mol. The molecule has 1 aliphatic heterocycles. The fourth-order valence-electron chi connectivity index (χ4n) is 5.46. The van der Waals surface area contributed by atoms with Crippen molar-refractivity contribution in [1.29, 1.82) is 0 Å². The maximum atomic E-state index is 13.6. The number of rotatable bonds is 7. The minimum Gasteiger partial charge on any atom is -0.368 e. The first-order chi connectivity index (χ1) is 18.9. The van der Waals surface area contributed by atoms with E-state index in [4.69, 9.17) is 23.2 Å². The van der Waals surface area contributed by atoms with Gasteiger partial charge in [-0.3, -0.25) is 14.5 Å². The number of halogens is 2. The van der Waals surface area contributed by atoms with Crippen molar-refractivity contribution >= 4 is 46.4 Å². The van der Waals surface area contributed by atoms with Gasteiger partial charge in [-0.2, -0.15) is 0 Å². The molecule has 0 aromatic heterocycles. The van der Waals surface area contributed by atoms with Gasteiger partial charge in [0.1, 0.15) is 0 Å². The van der Waals surface area contributed by atoms with Gasteiger partial charge in [-0.25, -0.2) is 0 Å². The van der Waals surface area contributed by atoms with Crippen molar-refractivity contribution in [3.05, 3.63) is 93.5 Å². The molecular formula is C31H34Cl2N4O2. The third-order valence-corrected chi connectivity index (χ3v) is 7.96. The highest BCUT2D eigenvalue weighted by molar-refractivity contribution is 6.35. The van der Waals surface area contributed by atoms with E-state index in [1.54, 1.807) is 24.3 Å². The van der Waals surface area contributed by atoms with Gasteiger partial charge >= 0.3 is 0 Å². The maximum Gasteiger partial charge on any atom is 0.255 e. The zero-order valence-electron chi connectivity index (χ0n) is 22.0. The number of carbonyl (C=O) groups excluding carboxylic acids is 2. The van der Waals surface area contributed by atoms with Crippen molar-refractivity contribution < 1.29 is 9.59 Å². The zero-order chi connectivity index (χ0) is 27.2. The molecule has 1 saturated heterocycles. The molecule has 39 heavy (non-hydrogen) atoms. The molecule has 0 bridgehead atoms. The van der Waals surface area contributed by atoms with Crippen molar-refractivity contribution in [3.63, 3.8) is 0 Å². The molecule has 2 fully saturated rings. The van der Waals surface area contributed by atoms with Crippen molar-refractivity contribution in [2.24, 2.45) is 0 Å². The monoisotopic (exact) mass is 564 g/mol. The van der Waals surface area contributed by atoms with Crippen LogP contribution in [0.3, 0.4) is 0 Å². The van der Waals surface area contributed by atoms with Gasteiger partial charge < -0.3 is 15.5 Å². The Morgan fingerprint density at radius 1 is 0.795 bits per heavy atom. The summed E-state index contributed by atoms with van der Waals surface area (Å²) in [6, 6.07) is 21.0. The van der Waals surface area contributed by atoms with Crippen LogP contribution in [0.5, 0.6) is 0 Å². The average Bonchev–Trinajstić information content (AvgIpc) is 2.94. The van der Waals surface area contributed by atoms with Crippen LogP contribution in [0.4, 0.5) is 11.4 Å². The average molecular weight is 566 g/mol. The Morgan fingerprint density at radius 3 is 2.18 bits per heavy atom. The molecule has 1 aliphatic carbocycles. The van der Waals surface area contributed by atoms with E-state index in [-0.39, 0.29) is 17.9 Å². The van der Waals surface area contributed by atoms with Crippen LogP contribution in [0.2, 0.25) is 10.0 Å². The van der Waals surface area contributed by atoms with E-state index in [0.29, 0.717) is 26.9 Å². The lowest BCUT2D eigenvalue weighted by molar-refractivity contribution is 0.0927. The summed E-state index contributed by atoms with van der Waals surface area (Å²) in [5, 5.41) is 6.95. The van der Waals surface area contributed by atoms with Crippen molar-refractivity contribution in [3.8, 4) is 0 Å². The Morgan fingerprint density at radius 2 is 1.49 bits per heavy atom. The van der Waals surface area contributed by atoms with Crippen LogP contribution < -0.4 is 15.5 Å². The summed E-state index contributed by atoms with van der Waals surface area (Å²) in [5.74, 6) is -0.425. The summed E-state index contributed by atoms with van der Waals surface area (Å²) in [5.41, 5.74) is 3.70. The van der Waals surface area contributed by atoms with E-state index >= 15 is 0 Å². The number of carbonyl (C=O) groups is 2. The third kappa shape index (κ3) is 7.33. The van der Waals surface area contributed by atoms with Crippen molar-refractivity contribution in [2.45, 2.75) is 44.7 Å². The van der Waals surface area contributed by atoms with Crippen molar-refractivity contribution in [2.75, 3.05) is 36.4 Å². The summed E-state index contributed by atoms with van der Waals surface area (Å²) in [6.07, 6.45) is 5.51. The minimum absolute atomic E-state index is 0.0921. The smallest absolute Gasteiger partial charge is 0.255 e. The SMILES string of the molecule is O=C(Nc1ccc(N2CCN(Cc3ccccc3)CC2)c(C(=O)NC2CCCCC2)c1)c1cc(Cl)cc(Cl)c1. The molecule has 0 spiro atoms. The van der Waals surface area contributed by atoms with Crippen LogP contribution in [0.1, 0.15) is 58.4 Å². The third-order valence-electron chi connectivity index (χ3n) is 7.53. The van der Waals surface area contributed by atoms with E-state index in [9.17, 15) is 9.59 Å². The highest BCUT2D eigenvalue weighted by Crippen LogP contribution is 2.28. The summed E-state index contributed by atoms with van der Waals surface area (Å²) in [6.45, 7) is 4.38. The molecule has 1 saturated carbocycles. The molecule has 1 heterocycles. The van der Waals surface area contributed by atoms with Gasteiger partial charge in [-0.15, -0.1) is 0 Å². The fourth-order valence-corrected chi connectivity index (χ4v) is 5.98. The molecule has 0 unspecified atom stereocenters. The van der Waals surface area contributed by atoms with Crippen LogP contribution in [0, 0.1) is 0 Å². The Hall–Kier alpha value is -3.06. The maximum absolute atomic E-state index is 13.6. The van der Waals surface area contributed by atoms with Crippen LogP contribution in [0.15, 0.2) is 66.7 Å². The Labute approximate surface area is 240 Å². The number of benzene rings is 3. The molecule has 2 N–H and O–H groups in total. The van der Waals surface area contributed by atoms with Gasteiger partial charge in [0.2, 0.25) is 0 Å². The van der Waals surface area contributed by atoms with Crippen LogP contribution in [-0.4, -0.2) is 48.9 Å². The number of amides is 2. The van der Waals surface area contributed by atoms with E-state index < -0.39 is 0 Å². The van der Waals surface area contributed by atoms with Gasteiger partial charge in [0.05, 0.1) is 5.56 Å². The number of hydrogen-bond donors (Lipinski definition) is 2. The van der Waals surface area contributed by atoms with Crippen molar-refractivity contribution in [1.82, 2.24) is 10.2 Å². The van der Waals surface area contributed by atoms with E-state index in [2.05, 4.69) is 44.7 Å². The molecular weight excluding hydrogens is 531 g/mol. The number of nitrogens with one attached hydrogen (secondary N) is 2. The number of anilines is 2. The molecule has 2 aliphatic rings. The quantitative estimate of drug-likeness (QED) is 0.338. The molecule has 3 aromatic rings. The molecule has 2 amide bonds. The van der Waals surface area contributed by atoms with Gasteiger partial charge in [0.15, 0.2) is 0 Å². The van der Waals surface area contributed by atoms with E-state index in [0.717, 1.165) is 64.1 Å². The first-order valence-corrected chi connectivity index (χ1v) is 14.4. The Balaban J connectivity index is 1.33. The summed E-state index contributed by atoms with van der Waals surface area (Å²) >= 11 is 12.2. The topological polar surface area (TPSA) is 64.7 Å². The predicted octanol–water partition coefficient (Wildman–Crippen LogP) is 6.63. The highest BCUT2D eigenvalue weighted by atomic mass is 35.5. The second-order valence-electron chi connectivity index (χ2n) is 10.4. The molecule has 8 heteroatoms.